The number of ether oxygens (including phenoxy) is 1. The number of fused-ring (bicyclic) bond motifs is 2. The Labute approximate surface area is 182 Å². The third-order valence-corrected chi connectivity index (χ3v) is 6.33. The maximum Gasteiger partial charge on any atom is 0.534 e. The minimum absolute atomic E-state index is 0.0559. The van der Waals surface area contributed by atoms with Gasteiger partial charge in [0.05, 0.1) is 11.1 Å². The van der Waals surface area contributed by atoms with Crippen molar-refractivity contribution in [1.29, 1.82) is 0 Å². The van der Waals surface area contributed by atoms with E-state index in [0.29, 0.717) is 6.07 Å². The Balaban J connectivity index is 1.91. The first-order valence-corrected chi connectivity index (χ1v) is 11.0. The standard InChI is InChI=1S/C19H22F4N2O6S/c1-17(2,3)30-16(27)25-7-5-18(6-8-25)14-12(20)9-11(10-13(14)24(4)15(18)26)31-32(28,29)19(21,22)23/h9-10H,5-8H2,1-4H3. The summed E-state index contributed by atoms with van der Waals surface area (Å²) in [6, 6.07) is 1.39. The van der Waals surface area contributed by atoms with Crippen LogP contribution in [0.3, 0.4) is 0 Å². The quantitative estimate of drug-likeness (QED) is 0.365. The second kappa shape index (κ2) is 7.49. The molecule has 1 spiro atoms. The second-order valence-corrected chi connectivity index (χ2v) is 10.2. The summed E-state index contributed by atoms with van der Waals surface area (Å²) in [6.07, 6.45) is -0.464. The fraction of sp³-hybridized carbons (Fsp3) is 0.579. The highest BCUT2D eigenvalue weighted by Crippen LogP contribution is 2.50. The van der Waals surface area contributed by atoms with Gasteiger partial charge in [0.1, 0.15) is 17.2 Å². The lowest BCUT2D eigenvalue weighted by Gasteiger charge is -2.38. The molecule has 2 amide bonds. The van der Waals surface area contributed by atoms with E-state index in [1.807, 2.05) is 0 Å². The van der Waals surface area contributed by atoms with Crippen molar-refractivity contribution in [3.63, 3.8) is 0 Å². The summed E-state index contributed by atoms with van der Waals surface area (Å²) in [6.45, 7) is 5.30. The summed E-state index contributed by atoms with van der Waals surface area (Å²) < 4.78 is 84.7. The van der Waals surface area contributed by atoms with Gasteiger partial charge < -0.3 is 18.7 Å². The number of piperidine rings is 1. The number of likely N-dealkylation sites (tertiary alicyclic amines) is 1. The molecule has 0 aromatic heterocycles. The lowest BCUT2D eigenvalue weighted by atomic mass is 9.73. The van der Waals surface area contributed by atoms with E-state index in [1.165, 1.54) is 11.9 Å². The molecule has 8 nitrogen and oxygen atoms in total. The molecule has 2 aliphatic heterocycles. The summed E-state index contributed by atoms with van der Waals surface area (Å²) in [5.41, 5.74) is -7.91. The van der Waals surface area contributed by atoms with Crippen LogP contribution in [0.5, 0.6) is 5.75 Å². The first kappa shape index (κ1) is 24.1. The van der Waals surface area contributed by atoms with E-state index in [4.69, 9.17) is 4.74 Å². The average Bonchev–Trinajstić information content (AvgIpc) is 2.82. The molecule has 13 heteroatoms. The van der Waals surface area contributed by atoms with E-state index < -0.39 is 50.2 Å². The lowest BCUT2D eigenvalue weighted by molar-refractivity contribution is -0.124. The first-order chi connectivity index (χ1) is 14.5. The number of benzene rings is 1. The Morgan fingerprint density at radius 2 is 1.69 bits per heavy atom. The molecular weight excluding hydrogens is 460 g/mol. The van der Waals surface area contributed by atoms with Crippen molar-refractivity contribution < 1.29 is 44.5 Å². The molecule has 0 radical (unpaired) electrons. The maximum atomic E-state index is 15.0. The number of halogens is 4. The number of nitrogens with zero attached hydrogens (tertiary/aromatic N) is 2. The van der Waals surface area contributed by atoms with E-state index in [1.54, 1.807) is 20.8 Å². The van der Waals surface area contributed by atoms with Crippen LogP contribution < -0.4 is 9.08 Å². The number of hydrogen-bond donors (Lipinski definition) is 0. The number of anilines is 1. The van der Waals surface area contributed by atoms with Crippen molar-refractivity contribution in [3.05, 3.63) is 23.5 Å². The molecule has 178 valence electrons. The Hall–Kier alpha value is -2.57. The highest BCUT2D eigenvalue weighted by molar-refractivity contribution is 7.88. The van der Waals surface area contributed by atoms with E-state index in [9.17, 15) is 31.2 Å². The maximum absolute atomic E-state index is 15.0. The summed E-state index contributed by atoms with van der Waals surface area (Å²) in [4.78, 5) is 27.8. The molecule has 32 heavy (non-hydrogen) atoms. The second-order valence-electron chi connectivity index (χ2n) is 8.70. The van der Waals surface area contributed by atoms with Crippen molar-refractivity contribution >= 4 is 27.8 Å². The van der Waals surface area contributed by atoms with E-state index in [-0.39, 0.29) is 37.2 Å². The van der Waals surface area contributed by atoms with Crippen LogP contribution in [0.4, 0.5) is 28.0 Å². The zero-order valence-corrected chi connectivity index (χ0v) is 18.6. The Bertz CT molecular complexity index is 1060. The van der Waals surface area contributed by atoms with Crippen LogP contribution in [-0.2, 0) is 25.1 Å². The van der Waals surface area contributed by atoms with Crippen LogP contribution in [0, 0.1) is 5.82 Å². The van der Waals surface area contributed by atoms with Gasteiger partial charge in [-0.1, -0.05) is 0 Å². The third kappa shape index (κ3) is 4.09. The number of amides is 2. The Morgan fingerprint density at radius 3 is 2.19 bits per heavy atom. The van der Waals surface area contributed by atoms with Crippen molar-refractivity contribution in [2.75, 3.05) is 25.0 Å². The van der Waals surface area contributed by atoms with Crippen molar-refractivity contribution in [2.24, 2.45) is 0 Å². The highest BCUT2D eigenvalue weighted by atomic mass is 32.2. The molecule has 1 fully saturated rings. The number of carbonyl (C=O) groups is 2. The van der Waals surface area contributed by atoms with Crippen LogP contribution in [0.25, 0.3) is 0 Å². The number of rotatable bonds is 2. The van der Waals surface area contributed by atoms with Gasteiger partial charge in [-0.25, -0.2) is 9.18 Å². The van der Waals surface area contributed by atoms with Gasteiger partial charge >= 0.3 is 21.7 Å². The minimum atomic E-state index is -6.01. The zero-order chi connectivity index (χ0) is 24.3. The van der Waals surface area contributed by atoms with Crippen LogP contribution in [0.1, 0.15) is 39.2 Å². The fourth-order valence-electron chi connectivity index (χ4n) is 3.93. The van der Waals surface area contributed by atoms with Gasteiger partial charge in [-0.3, -0.25) is 4.79 Å². The largest absolute Gasteiger partial charge is 0.534 e. The molecule has 0 bridgehead atoms. The number of carbonyl (C=O) groups excluding carboxylic acids is 2. The zero-order valence-electron chi connectivity index (χ0n) is 17.7. The summed E-state index contributed by atoms with van der Waals surface area (Å²) in [5.74, 6) is -2.48. The smallest absolute Gasteiger partial charge is 0.444 e. The molecule has 2 heterocycles. The molecule has 0 aliphatic carbocycles. The molecule has 1 aromatic rings. The van der Waals surface area contributed by atoms with Crippen LogP contribution >= 0.6 is 0 Å². The summed E-state index contributed by atoms with van der Waals surface area (Å²) >= 11 is 0. The van der Waals surface area contributed by atoms with Crippen LogP contribution in [0.2, 0.25) is 0 Å². The predicted octanol–water partition coefficient (Wildman–Crippen LogP) is 3.30. The summed E-state index contributed by atoms with van der Waals surface area (Å²) in [7, 11) is -4.71. The van der Waals surface area contributed by atoms with Crippen LogP contribution in [-0.4, -0.2) is 56.6 Å². The van der Waals surface area contributed by atoms with Crippen molar-refractivity contribution in [2.45, 2.75) is 50.1 Å². The van der Waals surface area contributed by atoms with E-state index >= 15 is 4.39 Å². The van der Waals surface area contributed by atoms with Crippen molar-refractivity contribution in [1.82, 2.24) is 4.90 Å². The van der Waals surface area contributed by atoms with E-state index in [2.05, 4.69) is 4.18 Å². The monoisotopic (exact) mass is 482 g/mol. The van der Waals surface area contributed by atoms with Gasteiger partial charge in [0, 0.05) is 37.8 Å². The SMILES string of the molecule is CN1C(=O)C2(CCN(C(=O)OC(C)(C)C)CC2)c2c(F)cc(OS(=O)(=O)C(F)(F)F)cc21. The first-order valence-electron chi connectivity index (χ1n) is 9.59. The molecular formula is C19H22F4N2O6S. The molecule has 2 aliphatic rings. The number of alkyl halides is 3. The predicted molar refractivity (Wildman–Crippen MR) is 104 cm³/mol. The molecule has 0 atom stereocenters. The van der Waals surface area contributed by atoms with E-state index in [0.717, 1.165) is 11.0 Å². The number of likely N-dealkylation sites (N-methyl/N-ethyl adjacent to an activating group) is 1. The summed E-state index contributed by atoms with van der Waals surface area (Å²) in [5, 5.41) is 0. The molecule has 1 aromatic carbocycles. The number of hydrogen-bond acceptors (Lipinski definition) is 6. The highest BCUT2D eigenvalue weighted by Gasteiger charge is 2.54. The molecule has 0 N–H and O–H groups in total. The van der Waals surface area contributed by atoms with Gasteiger partial charge in [-0.05, 0) is 33.6 Å². The Kier molecular flexibility index (Phi) is 5.64. The van der Waals surface area contributed by atoms with Crippen LogP contribution in [0.15, 0.2) is 12.1 Å². The van der Waals surface area contributed by atoms with Gasteiger partial charge in [0.2, 0.25) is 5.91 Å². The average molecular weight is 482 g/mol. The normalized spacial score (nSPS) is 18.7. The molecule has 3 rings (SSSR count). The van der Waals surface area contributed by atoms with Gasteiger partial charge in [0.15, 0.2) is 0 Å². The topological polar surface area (TPSA) is 93.2 Å². The van der Waals surface area contributed by atoms with Crippen molar-refractivity contribution in [3.8, 4) is 5.75 Å². The fourth-order valence-corrected chi connectivity index (χ4v) is 4.37. The minimum Gasteiger partial charge on any atom is -0.444 e. The molecule has 0 unspecified atom stereocenters. The lowest BCUT2D eigenvalue weighted by Crippen LogP contribution is -2.50. The van der Waals surface area contributed by atoms with Gasteiger partial charge in [-0.2, -0.15) is 21.6 Å². The van der Waals surface area contributed by atoms with Gasteiger partial charge in [-0.15, -0.1) is 0 Å². The third-order valence-electron chi connectivity index (χ3n) is 5.35. The van der Waals surface area contributed by atoms with Gasteiger partial charge in [0.25, 0.3) is 0 Å². The Morgan fingerprint density at radius 1 is 1.12 bits per heavy atom. The molecule has 0 saturated carbocycles. The molecule has 1 saturated heterocycles.